The zero-order valence-corrected chi connectivity index (χ0v) is 13.0. The largest absolute Gasteiger partial charge is 0.493 e. The standard InChI is InChI=1S/C19H17NO4/c21-18(15-10-16(15)19(22)23)20-14-3-1-2-11(9-14)12-4-5-17-13(8-12)6-7-24-17/h1-5,8-9,15-16H,6-7,10H2,(H,20,21)(H,22,23). The van der Waals surface area contributed by atoms with Gasteiger partial charge in [-0.1, -0.05) is 18.2 Å². The predicted octanol–water partition coefficient (Wildman–Crippen LogP) is 2.95. The number of nitrogens with one attached hydrogen (secondary N) is 1. The fourth-order valence-electron chi connectivity index (χ4n) is 3.14. The van der Waals surface area contributed by atoms with E-state index in [2.05, 4.69) is 11.4 Å². The lowest BCUT2D eigenvalue weighted by Gasteiger charge is -2.08. The maximum atomic E-state index is 12.1. The average Bonchev–Trinajstić information content (AvgIpc) is 3.26. The van der Waals surface area contributed by atoms with E-state index in [1.165, 1.54) is 5.56 Å². The first-order chi connectivity index (χ1) is 11.6. The quantitative estimate of drug-likeness (QED) is 0.907. The molecule has 0 radical (unpaired) electrons. The lowest BCUT2D eigenvalue weighted by atomic mass is 10.0. The summed E-state index contributed by atoms with van der Waals surface area (Å²) in [5.74, 6) is -1.13. The maximum absolute atomic E-state index is 12.1. The van der Waals surface area contributed by atoms with Gasteiger partial charge in [-0.05, 0) is 47.4 Å². The molecular formula is C19H17NO4. The van der Waals surface area contributed by atoms with Crippen molar-refractivity contribution in [1.82, 2.24) is 0 Å². The normalized spacial score (nSPS) is 20.8. The Morgan fingerprint density at radius 2 is 1.92 bits per heavy atom. The molecule has 0 saturated heterocycles. The molecule has 5 nitrogen and oxygen atoms in total. The first kappa shape index (κ1) is 14.8. The summed E-state index contributed by atoms with van der Waals surface area (Å²) in [7, 11) is 0. The molecule has 5 heteroatoms. The number of hydrogen-bond acceptors (Lipinski definition) is 3. The molecule has 1 amide bonds. The minimum absolute atomic E-state index is 0.220. The predicted molar refractivity (Wildman–Crippen MR) is 88.9 cm³/mol. The third-order valence-electron chi connectivity index (χ3n) is 4.60. The van der Waals surface area contributed by atoms with E-state index in [0.29, 0.717) is 12.1 Å². The molecule has 0 bridgehead atoms. The molecule has 0 spiro atoms. The van der Waals surface area contributed by atoms with Gasteiger partial charge >= 0.3 is 5.97 Å². The molecule has 2 unspecified atom stereocenters. The monoisotopic (exact) mass is 323 g/mol. The van der Waals surface area contributed by atoms with E-state index in [0.717, 1.165) is 29.9 Å². The van der Waals surface area contributed by atoms with E-state index in [1.807, 2.05) is 36.4 Å². The van der Waals surface area contributed by atoms with Gasteiger partial charge in [0, 0.05) is 12.1 Å². The minimum atomic E-state index is -0.899. The Kier molecular flexibility index (Phi) is 3.49. The van der Waals surface area contributed by atoms with Crippen molar-refractivity contribution in [2.24, 2.45) is 11.8 Å². The smallest absolute Gasteiger partial charge is 0.307 e. The molecule has 1 aliphatic heterocycles. The van der Waals surface area contributed by atoms with Crippen molar-refractivity contribution in [2.45, 2.75) is 12.8 Å². The topological polar surface area (TPSA) is 75.6 Å². The van der Waals surface area contributed by atoms with Crippen molar-refractivity contribution < 1.29 is 19.4 Å². The van der Waals surface area contributed by atoms with Gasteiger partial charge in [0.25, 0.3) is 0 Å². The molecule has 0 aromatic heterocycles. The van der Waals surface area contributed by atoms with E-state index in [9.17, 15) is 9.59 Å². The zero-order chi connectivity index (χ0) is 16.7. The highest BCUT2D eigenvalue weighted by molar-refractivity contribution is 5.98. The molecule has 4 rings (SSSR count). The lowest BCUT2D eigenvalue weighted by Crippen LogP contribution is -2.16. The first-order valence-electron chi connectivity index (χ1n) is 8.01. The van der Waals surface area contributed by atoms with Gasteiger partial charge in [0.2, 0.25) is 5.91 Å². The number of ether oxygens (including phenoxy) is 1. The van der Waals surface area contributed by atoms with Crippen molar-refractivity contribution >= 4 is 17.6 Å². The van der Waals surface area contributed by atoms with Crippen LogP contribution in [0, 0.1) is 11.8 Å². The Bertz CT molecular complexity index is 830. The second-order valence-corrected chi connectivity index (χ2v) is 6.28. The Morgan fingerprint density at radius 1 is 1.08 bits per heavy atom. The number of hydrogen-bond donors (Lipinski definition) is 2. The molecule has 2 N–H and O–H groups in total. The van der Waals surface area contributed by atoms with Gasteiger partial charge in [-0.3, -0.25) is 9.59 Å². The molecule has 2 aliphatic rings. The van der Waals surface area contributed by atoms with Crippen LogP contribution in [-0.2, 0) is 16.0 Å². The van der Waals surface area contributed by atoms with E-state index in [1.54, 1.807) is 0 Å². The molecule has 2 aromatic rings. The summed E-state index contributed by atoms with van der Waals surface area (Å²) in [5.41, 5.74) is 3.97. The highest BCUT2D eigenvalue weighted by Gasteiger charge is 2.48. The van der Waals surface area contributed by atoms with E-state index >= 15 is 0 Å². The Morgan fingerprint density at radius 3 is 2.71 bits per heavy atom. The van der Waals surface area contributed by atoms with Crippen LogP contribution in [0.15, 0.2) is 42.5 Å². The van der Waals surface area contributed by atoms with Crippen molar-refractivity contribution in [1.29, 1.82) is 0 Å². The highest BCUT2D eigenvalue weighted by atomic mass is 16.5. The molecule has 1 heterocycles. The fraction of sp³-hybridized carbons (Fsp3) is 0.263. The summed E-state index contributed by atoms with van der Waals surface area (Å²) >= 11 is 0. The molecule has 1 fully saturated rings. The molecule has 1 aliphatic carbocycles. The van der Waals surface area contributed by atoms with Crippen LogP contribution in [0.5, 0.6) is 5.75 Å². The van der Waals surface area contributed by atoms with Crippen LogP contribution >= 0.6 is 0 Å². The average molecular weight is 323 g/mol. The maximum Gasteiger partial charge on any atom is 0.307 e. The molecule has 2 atom stereocenters. The summed E-state index contributed by atoms with van der Waals surface area (Å²) in [6.45, 7) is 0.723. The number of carbonyl (C=O) groups is 2. The van der Waals surface area contributed by atoms with Crippen LogP contribution in [-0.4, -0.2) is 23.6 Å². The van der Waals surface area contributed by atoms with Gasteiger partial charge < -0.3 is 15.2 Å². The molecule has 24 heavy (non-hydrogen) atoms. The number of benzene rings is 2. The minimum Gasteiger partial charge on any atom is -0.493 e. The number of aliphatic carboxylic acids is 1. The van der Waals surface area contributed by atoms with E-state index < -0.39 is 17.8 Å². The highest BCUT2D eigenvalue weighted by Crippen LogP contribution is 2.39. The lowest BCUT2D eigenvalue weighted by molar-refractivity contribution is -0.139. The van der Waals surface area contributed by atoms with Gasteiger partial charge in [-0.25, -0.2) is 0 Å². The Hall–Kier alpha value is -2.82. The molecule has 2 aromatic carbocycles. The van der Waals surface area contributed by atoms with Crippen LogP contribution in [0.1, 0.15) is 12.0 Å². The molecule has 1 saturated carbocycles. The summed E-state index contributed by atoms with van der Waals surface area (Å²) in [6.07, 6.45) is 1.34. The van der Waals surface area contributed by atoms with Gasteiger partial charge in [-0.2, -0.15) is 0 Å². The number of rotatable bonds is 4. The summed E-state index contributed by atoms with van der Waals surface area (Å²) < 4.78 is 5.52. The summed E-state index contributed by atoms with van der Waals surface area (Å²) in [5, 5.41) is 11.7. The summed E-state index contributed by atoms with van der Waals surface area (Å²) in [6, 6.07) is 13.7. The van der Waals surface area contributed by atoms with Crippen molar-refractivity contribution in [3.05, 3.63) is 48.0 Å². The number of carboxylic acids is 1. The van der Waals surface area contributed by atoms with Crippen LogP contribution < -0.4 is 10.1 Å². The van der Waals surface area contributed by atoms with Crippen LogP contribution in [0.25, 0.3) is 11.1 Å². The SMILES string of the molecule is O=C(O)C1CC1C(=O)Nc1cccc(-c2ccc3c(c2)CCO3)c1. The van der Waals surface area contributed by atoms with Gasteiger partial charge in [-0.15, -0.1) is 0 Å². The third kappa shape index (κ3) is 2.73. The van der Waals surface area contributed by atoms with Gasteiger partial charge in [0.1, 0.15) is 5.75 Å². The number of anilines is 1. The molecule has 122 valence electrons. The van der Waals surface area contributed by atoms with Crippen molar-refractivity contribution in [3.63, 3.8) is 0 Å². The Balaban J connectivity index is 1.52. The number of carboxylic acid groups (broad SMARTS) is 1. The van der Waals surface area contributed by atoms with Gasteiger partial charge in [0.15, 0.2) is 0 Å². The molecular weight excluding hydrogens is 306 g/mol. The number of amides is 1. The number of fused-ring (bicyclic) bond motifs is 1. The second-order valence-electron chi connectivity index (χ2n) is 6.28. The van der Waals surface area contributed by atoms with E-state index in [-0.39, 0.29) is 5.91 Å². The van der Waals surface area contributed by atoms with Gasteiger partial charge in [0.05, 0.1) is 18.4 Å². The fourth-order valence-corrected chi connectivity index (χ4v) is 3.14. The van der Waals surface area contributed by atoms with E-state index in [4.69, 9.17) is 9.84 Å². The first-order valence-corrected chi connectivity index (χ1v) is 8.01. The summed E-state index contributed by atoms with van der Waals surface area (Å²) in [4.78, 5) is 23.0. The van der Waals surface area contributed by atoms with Crippen molar-refractivity contribution in [2.75, 3.05) is 11.9 Å². The number of carbonyl (C=O) groups excluding carboxylic acids is 1. The van der Waals surface area contributed by atoms with Crippen LogP contribution in [0.2, 0.25) is 0 Å². The van der Waals surface area contributed by atoms with Crippen molar-refractivity contribution in [3.8, 4) is 16.9 Å². The third-order valence-corrected chi connectivity index (χ3v) is 4.60. The van der Waals surface area contributed by atoms with Crippen LogP contribution in [0.3, 0.4) is 0 Å². The second kappa shape index (κ2) is 5.67. The zero-order valence-electron chi connectivity index (χ0n) is 13.0. The van der Waals surface area contributed by atoms with Crippen LogP contribution in [0.4, 0.5) is 5.69 Å². The Labute approximate surface area is 139 Å².